The number of imidazole rings is 1. The summed E-state index contributed by atoms with van der Waals surface area (Å²) in [6.07, 6.45) is 2.80. The molecular formula is C19H24FN5O6. The van der Waals surface area contributed by atoms with E-state index in [0.717, 1.165) is 4.57 Å². The predicted molar refractivity (Wildman–Crippen MR) is 108 cm³/mol. The van der Waals surface area contributed by atoms with Crippen molar-refractivity contribution in [1.29, 1.82) is 0 Å². The summed E-state index contributed by atoms with van der Waals surface area (Å²) in [5, 5.41) is 11.0. The summed E-state index contributed by atoms with van der Waals surface area (Å²) >= 11 is 0. The van der Waals surface area contributed by atoms with E-state index < -0.39 is 29.4 Å². The largest absolute Gasteiger partial charge is 0.488 e. The second kappa shape index (κ2) is 11.5. The van der Waals surface area contributed by atoms with Gasteiger partial charge >= 0.3 is 11.9 Å². The van der Waals surface area contributed by atoms with E-state index in [1.54, 1.807) is 25.1 Å². The molecule has 1 aromatic carbocycles. The van der Waals surface area contributed by atoms with Crippen molar-refractivity contribution in [3.05, 3.63) is 40.7 Å². The van der Waals surface area contributed by atoms with Crippen LogP contribution < -0.4 is 15.2 Å². The first-order chi connectivity index (χ1) is 14.9. The fourth-order valence-electron chi connectivity index (χ4n) is 2.66. The minimum absolute atomic E-state index is 0.00414. The van der Waals surface area contributed by atoms with Gasteiger partial charge in [0.2, 0.25) is 0 Å². The first-order valence-electron chi connectivity index (χ1n) is 9.58. The number of benzene rings is 1. The quantitative estimate of drug-likeness (QED) is 0.174. The van der Waals surface area contributed by atoms with Crippen LogP contribution >= 0.6 is 0 Å². The standard InChI is InChI=1S/C19H24FN5O6/c1-2-17(27)31-18-14(21)5-3-6-15(18)30-12-11-23(9-4-7-20)16(26)13-24-10-8-22-19(24)25(28)29/h3,5-6,8,10H,2,4,7,9,11-13,21H2,1H3. The number of para-hydroxylation sites is 1. The van der Waals surface area contributed by atoms with Gasteiger partial charge in [0.1, 0.15) is 19.0 Å². The SMILES string of the molecule is CCC(=O)Oc1c(N)cccc1OCCN(CCCF)C(=O)Cn1ccnc1[N+](=O)[O-]. The topological polar surface area (TPSA) is 143 Å². The van der Waals surface area contributed by atoms with Crippen LogP contribution in [-0.4, -0.2) is 57.6 Å². The maximum Gasteiger partial charge on any atom is 0.435 e. The Kier molecular flexibility index (Phi) is 8.73. The van der Waals surface area contributed by atoms with Crippen LogP contribution in [0.4, 0.5) is 16.0 Å². The Labute approximate surface area is 177 Å². The van der Waals surface area contributed by atoms with Crippen molar-refractivity contribution in [1.82, 2.24) is 14.5 Å². The molecule has 0 fully saturated rings. The third-order valence-electron chi connectivity index (χ3n) is 4.21. The van der Waals surface area contributed by atoms with Crippen LogP contribution in [-0.2, 0) is 16.1 Å². The van der Waals surface area contributed by atoms with Crippen LogP contribution in [0.5, 0.6) is 11.5 Å². The van der Waals surface area contributed by atoms with Crippen molar-refractivity contribution < 1.29 is 28.4 Å². The highest BCUT2D eigenvalue weighted by molar-refractivity contribution is 5.77. The average Bonchev–Trinajstić information content (AvgIpc) is 3.20. The fourth-order valence-corrected chi connectivity index (χ4v) is 2.66. The third kappa shape index (κ3) is 6.66. The summed E-state index contributed by atoms with van der Waals surface area (Å²) in [6, 6.07) is 4.75. The molecule has 11 nitrogen and oxygen atoms in total. The Morgan fingerprint density at radius 2 is 2.13 bits per heavy atom. The molecule has 0 unspecified atom stereocenters. The number of anilines is 1. The van der Waals surface area contributed by atoms with Gasteiger partial charge in [-0.1, -0.05) is 18.0 Å². The molecule has 12 heteroatoms. The molecule has 2 rings (SSSR count). The van der Waals surface area contributed by atoms with Crippen molar-refractivity contribution in [2.75, 3.05) is 32.1 Å². The minimum atomic E-state index is -0.693. The zero-order chi connectivity index (χ0) is 22.8. The van der Waals surface area contributed by atoms with Crippen LogP contribution in [0.25, 0.3) is 0 Å². The number of halogens is 1. The van der Waals surface area contributed by atoms with E-state index in [-0.39, 0.29) is 56.3 Å². The van der Waals surface area contributed by atoms with Crippen molar-refractivity contribution >= 4 is 23.5 Å². The van der Waals surface area contributed by atoms with Gasteiger partial charge in [0.05, 0.1) is 18.9 Å². The Balaban J connectivity index is 2.04. The van der Waals surface area contributed by atoms with Crippen LogP contribution in [0.3, 0.4) is 0 Å². The molecule has 168 valence electrons. The number of nitro groups is 1. The molecule has 2 aromatic rings. The van der Waals surface area contributed by atoms with E-state index in [9.17, 15) is 24.1 Å². The number of carbonyl (C=O) groups is 2. The molecule has 0 saturated carbocycles. The van der Waals surface area contributed by atoms with Gasteiger partial charge in [-0.05, 0) is 23.5 Å². The first kappa shape index (κ1) is 23.6. The van der Waals surface area contributed by atoms with Crippen molar-refractivity contribution in [2.45, 2.75) is 26.3 Å². The molecular weight excluding hydrogens is 413 g/mol. The zero-order valence-electron chi connectivity index (χ0n) is 17.0. The number of carbonyl (C=O) groups excluding carboxylic acids is 2. The lowest BCUT2D eigenvalue weighted by Gasteiger charge is -2.22. The monoisotopic (exact) mass is 437 g/mol. The zero-order valence-corrected chi connectivity index (χ0v) is 17.0. The number of nitrogen functional groups attached to an aromatic ring is 1. The van der Waals surface area contributed by atoms with Gasteiger partial charge in [0.15, 0.2) is 18.0 Å². The van der Waals surface area contributed by atoms with Crippen molar-refractivity contribution in [3.63, 3.8) is 0 Å². The molecule has 1 heterocycles. The van der Waals surface area contributed by atoms with Gasteiger partial charge in [-0.3, -0.25) is 14.0 Å². The number of alkyl halides is 1. The molecule has 31 heavy (non-hydrogen) atoms. The van der Waals surface area contributed by atoms with Gasteiger partial charge in [-0.2, -0.15) is 0 Å². The van der Waals surface area contributed by atoms with Crippen LogP contribution in [0.15, 0.2) is 30.6 Å². The highest BCUT2D eigenvalue weighted by Gasteiger charge is 2.21. The molecule has 1 aromatic heterocycles. The Hall–Kier alpha value is -3.70. The van der Waals surface area contributed by atoms with E-state index >= 15 is 0 Å². The summed E-state index contributed by atoms with van der Waals surface area (Å²) in [7, 11) is 0. The van der Waals surface area contributed by atoms with Crippen molar-refractivity contribution in [3.8, 4) is 11.5 Å². The van der Waals surface area contributed by atoms with E-state index in [1.165, 1.54) is 17.3 Å². The number of ether oxygens (including phenoxy) is 2. The van der Waals surface area contributed by atoms with E-state index in [2.05, 4.69) is 4.98 Å². The smallest absolute Gasteiger partial charge is 0.435 e. The van der Waals surface area contributed by atoms with E-state index in [0.29, 0.717) is 0 Å². The highest BCUT2D eigenvalue weighted by atomic mass is 19.1. The molecule has 0 atom stereocenters. The number of esters is 1. The number of aromatic nitrogens is 2. The lowest BCUT2D eigenvalue weighted by atomic mass is 10.2. The molecule has 0 saturated heterocycles. The number of rotatable bonds is 12. The molecule has 0 aliphatic rings. The summed E-state index contributed by atoms with van der Waals surface area (Å²) in [4.78, 5) is 39.5. The molecule has 0 radical (unpaired) electrons. The Bertz CT molecular complexity index is 919. The second-order valence-electron chi connectivity index (χ2n) is 6.39. The molecule has 0 aliphatic carbocycles. The van der Waals surface area contributed by atoms with Crippen LogP contribution in [0, 0.1) is 10.1 Å². The summed E-state index contributed by atoms with van der Waals surface area (Å²) in [5.41, 5.74) is 6.08. The van der Waals surface area contributed by atoms with Gasteiger partial charge in [0.25, 0.3) is 5.91 Å². The number of hydrogen-bond acceptors (Lipinski definition) is 8. The van der Waals surface area contributed by atoms with Crippen LogP contribution in [0.1, 0.15) is 19.8 Å². The van der Waals surface area contributed by atoms with E-state index in [1.807, 2.05) is 0 Å². The van der Waals surface area contributed by atoms with Gasteiger partial charge in [-0.25, -0.2) is 4.57 Å². The number of amides is 1. The number of hydrogen-bond donors (Lipinski definition) is 1. The fraction of sp³-hybridized carbons (Fsp3) is 0.421. The Morgan fingerprint density at radius 1 is 1.35 bits per heavy atom. The molecule has 1 amide bonds. The predicted octanol–water partition coefficient (Wildman–Crippen LogP) is 1.96. The molecule has 0 aliphatic heterocycles. The second-order valence-corrected chi connectivity index (χ2v) is 6.39. The summed E-state index contributed by atoms with van der Waals surface area (Å²) < 4.78 is 24.6. The summed E-state index contributed by atoms with van der Waals surface area (Å²) in [6.45, 7) is 0.890. The molecule has 0 spiro atoms. The van der Waals surface area contributed by atoms with Gasteiger partial charge in [-0.15, -0.1) is 0 Å². The maximum atomic E-state index is 12.7. The lowest BCUT2D eigenvalue weighted by Crippen LogP contribution is -2.38. The molecule has 2 N–H and O–H groups in total. The third-order valence-corrected chi connectivity index (χ3v) is 4.21. The van der Waals surface area contributed by atoms with Crippen LogP contribution in [0.2, 0.25) is 0 Å². The minimum Gasteiger partial charge on any atom is -0.488 e. The summed E-state index contributed by atoms with van der Waals surface area (Å²) in [5.74, 6) is -1.08. The first-order valence-corrected chi connectivity index (χ1v) is 9.58. The maximum absolute atomic E-state index is 12.7. The normalized spacial score (nSPS) is 10.5. The van der Waals surface area contributed by atoms with Gasteiger partial charge in [0, 0.05) is 13.0 Å². The lowest BCUT2D eigenvalue weighted by molar-refractivity contribution is -0.396. The number of nitrogens with two attached hydrogens (primary N) is 1. The van der Waals surface area contributed by atoms with Gasteiger partial charge < -0.3 is 30.2 Å². The Morgan fingerprint density at radius 3 is 2.81 bits per heavy atom. The highest BCUT2D eigenvalue weighted by Crippen LogP contribution is 2.33. The average molecular weight is 437 g/mol. The van der Waals surface area contributed by atoms with Crippen molar-refractivity contribution in [2.24, 2.45) is 0 Å². The van der Waals surface area contributed by atoms with E-state index in [4.69, 9.17) is 15.2 Å². The molecule has 0 bridgehead atoms. The number of nitrogens with zero attached hydrogens (tertiary/aromatic N) is 4.